The summed E-state index contributed by atoms with van der Waals surface area (Å²) in [6.07, 6.45) is 4.40. The highest BCUT2D eigenvalue weighted by atomic mass is 32.2. The third kappa shape index (κ3) is 6.51. The Hall–Kier alpha value is -1.54. The minimum atomic E-state index is -1.59. The Kier molecular flexibility index (Phi) is 7.95. The van der Waals surface area contributed by atoms with Crippen molar-refractivity contribution in [3.63, 3.8) is 0 Å². The predicted octanol–water partition coefficient (Wildman–Crippen LogP) is 4.51. The van der Waals surface area contributed by atoms with Crippen molar-refractivity contribution in [2.24, 2.45) is 5.92 Å². The summed E-state index contributed by atoms with van der Waals surface area (Å²) in [5.41, 5.74) is -0.496. The molecule has 0 radical (unpaired) electrons. The molecule has 28 heavy (non-hydrogen) atoms. The number of hydrogen-bond donors (Lipinski definition) is 0. The van der Waals surface area contributed by atoms with Gasteiger partial charge in [-0.1, -0.05) is 0 Å². The van der Waals surface area contributed by atoms with Crippen molar-refractivity contribution in [3.05, 3.63) is 23.8 Å². The van der Waals surface area contributed by atoms with Gasteiger partial charge >= 0.3 is 6.09 Å². The Morgan fingerprint density at radius 1 is 1.25 bits per heavy atom. The van der Waals surface area contributed by atoms with E-state index in [1.807, 2.05) is 20.8 Å². The lowest BCUT2D eigenvalue weighted by molar-refractivity contribution is 0.0179. The van der Waals surface area contributed by atoms with Crippen LogP contribution in [0.25, 0.3) is 0 Å². The number of carbonyl (C=O) groups excluding carboxylic acids is 1. The number of nitrogens with zero attached hydrogens (tertiary/aromatic N) is 1. The van der Waals surface area contributed by atoms with Gasteiger partial charge in [-0.15, -0.1) is 0 Å². The number of amides is 1. The molecule has 5 nitrogen and oxygen atoms in total. The maximum Gasteiger partial charge on any atom is 0.410 e. The molecule has 1 aromatic carbocycles. The molecule has 1 atom stereocenters. The fourth-order valence-electron chi connectivity index (χ4n) is 3.13. The summed E-state index contributed by atoms with van der Waals surface area (Å²) in [5.74, 6) is -1.91. The average Bonchev–Trinajstić information content (AvgIpc) is 2.61. The highest BCUT2D eigenvalue weighted by Crippen LogP contribution is 2.27. The molecular formula is C20H29F2NO4S. The number of likely N-dealkylation sites (tertiary alicyclic amines) is 1. The Balaban J connectivity index is 1.71. The number of hydrogen-bond acceptors (Lipinski definition) is 4. The smallest absolute Gasteiger partial charge is 0.410 e. The first kappa shape index (κ1) is 22.7. The molecule has 0 saturated carbocycles. The summed E-state index contributed by atoms with van der Waals surface area (Å²) >= 11 is -1.59. The van der Waals surface area contributed by atoms with Gasteiger partial charge in [0.1, 0.15) is 11.9 Å². The van der Waals surface area contributed by atoms with E-state index in [1.165, 1.54) is 18.4 Å². The van der Waals surface area contributed by atoms with Crippen molar-refractivity contribution >= 4 is 17.3 Å². The number of carbonyl (C=O) groups is 1. The fourth-order valence-corrected chi connectivity index (χ4v) is 3.73. The number of benzene rings is 1. The summed E-state index contributed by atoms with van der Waals surface area (Å²) in [4.78, 5) is 13.6. The van der Waals surface area contributed by atoms with Crippen LogP contribution in [0.5, 0.6) is 5.75 Å². The third-order valence-corrected chi connectivity index (χ3v) is 5.54. The Morgan fingerprint density at radius 3 is 2.46 bits per heavy atom. The van der Waals surface area contributed by atoms with Gasteiger partial charge in [0.05, 0.1) is 6.61 Å². The van der Waals surface area contributed by atoms with E-state index < -0.39 is 28.4 Å². The summed E-state index contributed by atoms with van der Waals surface area (Å²) < 4.78 is 49.9. The summed E-state index contributed by atoms with van der Waals surface area (Å²) in [6.45, 7) is 7.15. The van der Waals surface area contributed by atoms with Gasteiger partial charge in [-0.2, -0.15) is 8.78 Å². The average molecular weight is 418 g/mol. The van der Waals surface area contributed by atoms with Crippen molar-refractivity contribution in [3.8, 4) is 5.75 Å². The highest BCUT2D eigenvalue weighted by Gasteiger charge is 2.26. The van der Waals surface area contributed by atoms with Crippen molar-refractivity contribution in [1.29, 1.82) is 0 Å². The van der Waals surface area contributed by atoms with E-state index in [9.17, 15) is 18.1 Å². The van der Waals surface area contributed by atoms with Gasteiger partial charge in [-0.3, -0.25) is 0 Å². The number of ether oxygens (including phenoxy) is 2. The zero-order chi connectivity index (χ0) is 20.9. The molecule has 158 valence electrons. The molecule has 2 rings (SSSR count). The molecule has 0 bridgehead atoms. The lowest BCUT2D eigenvalue weighted by atomic mass is 9.92. The predicted molar refractivity (Wildman–Crippen MR) is 104 cm³/mol. The van der Waals surface area contributed by atoms with Crippen LogP contribution in [-0.2, 0) is 15.9 Å². The molecule has 1 saturated heterocycles. The van der Waals surface area contributed by atoms with Crippen molar-refractivity contribution < 1.29 is 27.6 Å². The minimum absolute atomic E-state index is 0.161. The van der Waals surface area contributed by atoms with E-state index in [4.69, 9.17) is 9.47 Å². The second-order valence-corrected chi connectivity index (χ2v) is 9.39. The first-order valence-electron chi connectivity index (χ1n) is 9.50. The van der Waals surface area contributed by atoms with E-state index in [2.05, 4.69) is 0 Å². The molecule has 1 aliphatic rings. The summed E-state index contributed by atoms with van der Waals surface area (Å²) in [5, 5.41) is 0. The van der Waals surface area contributed by atoms with Crippen LogP contribution in [0, 0.1) is 17.6 Å². The topological polar surface area (TPSA) is 61.8 Å². The molecule has 1 amide bonds. The normalized spacial score (nSPS) is 16.8. The zero-order valence-electron chi connectivity index (χ0n) is 16.9. The van der Waals surface area contributed by atoms with E-state index in [1.54, 1.807) is 4.90 Å². The van der Waals surface area contributed by atoms with Crippen LogP contribution in [0.4, 0.5) is 13.6 Å². The van der Waals surface area contributed by atoms with Crippen LogP contribution in [-0.4, -0.2) is 47.1 Å². The quantitative estimate of drug-likeness (QED) is 0.505. The van der Waals surface area contributed by atoms with E-state index >= 15 is 0 Å². The zero-order valence-corrected chi connectivity index (χ0v) is 17.7. The largest absolute Gasteiger partial charge is 0.612 e. The first-order valence-corrected chi connectivity index (χ1v) is 11.1. The second-order valence-electron chi connectivity index (χ2n) is 8.05. The number of rotatable bonds is 6. The van der Waals surface area contributed by atoms with E-state index in [0.717, 1.165) is 19.3 Å². The Morgan fingerprint density at radius 2 is 1.89 bits per heavy atom. The van der Waals surface area contributed by atoms with Gasteiger partial charge in [-0.25, -0.2) is 4.79 Å². The molecule has 1 heterocycles. The molecule has 0 spiro atoms. The van der Waals surface area contributed by atoms with Gasteiger partial charge in [0.25, 0.3) is 0 Å². The first-order chi connectivity index (χ1) is 13.1. The molecule has 1 fully saturated rings. The monoisotopic (exact) mass is 417 g/mol. The fraction of sp³-hybridized carbons (Fsp3) is 0.650. The minimum Gasteiger partial charge on any atom is -0.612 e. The SMILES string of the molecule is C[S+]([O-])c1ccc(OCCCC2CCN(C(=O)OC(C)(C)C)CC2)c(F)c1F. The van der Waals surface area contributed by atoms with E-state index in [0.29, 0.717) is 25.4 Å². The number of halogens is 2. The molecule has 1 aliphatic heterocycles. The van der Waals surface area contributed by atoms with Crippen molar-refractivity contribution in [2.45, 2.75) is 57.0 Å². The van der Waals surface area contributed by atoms with Crippen LogP contribution in [0.3, 0.4) is 0 Å². The molecule has 0 aromatic heterocycles. The van der Waals surface area contributed by atoms with Gasteiger partial charge in [0.15, 0.2) is 10.6 Å². The lowest BCUT2D eigenvalue weighted by Crippen LogP contribution is -2.41. The maximum atomic E-state index is 14.0. The summed E-state index contributed by atoms with van der Waals surface area (Å²) in [6, 6.07) is 2.60. The molecular weight excluding hydrogens is 388 g/mol. The van der Waals surface area contributed by atoms with Crippen LogP contribution in [0.2, 0.25) is 0 Å². The highest BCUT2D eigenvalue weighted by molar-refractivity contribution is 7.90. The third-order valence-electron chi connectivity index (χ3n) is 4.60. The number of piperidine rings is 1. The Bertz CT molecular complexity index is 671. The maximum absolute atomic E-state index is 14.0. The molecule has 1 unspecified atom stereocenters. The molecule has 0 aliphatic carbocycles. The van der Waals surface area contributed by atoms with Crippen LogP contribution in [0.15, 0.2) is 17.0 Å². The van der Waals surface area contributed by atoms with Crippen LogP contribution < -0.4 is 4.74 Å². The van der Waals surface area contributed by atoms with Gasteiger partial charge in [0.2, 0.25) is 11.6 Å². The summed E-state index contributed by atoms with van der Waals surface area (Å²) in [7, 11) is 0. The molecule has 0 N–H and O–H groups in total. The lowest BCUT2D eigenvalue weighted by Gasteiger charge is -2.33. The standard InChI is InChI=1S/C20H29F2NO4S/c1-20(2,3)27-19(24)23-11-9-14(10-12-23)6-5-13-26-15-7-8-16(28(4)25)18(22)17(15)21/h7-8,14H,5-6,9-13H2,1-4H3. The van der Waals surface area contributed by atoms with E-state index in [-0.39, 0.29) is 23.3 Å². The van der Waals surface area contributed by atoms with Gasteiger partial charge < -0.3 is 18.9 Å². The van der Waals surface area contributed by atoms with Crippen LogP contribution in [0.1, 0.15) is 46.5 Å². The van der Waals surface area contributed by atoms with Gasteiger partial charge in [0, 0.05) is 19.2 Å². The Labute approximate surface area is 168 Å². The van der Waals surface area contributed by atoms with Gasteiger partial charge in [-0.05, 0) is 69.6 Å². The second kappa shape index (κ2) is 9.78. The molecule has 8 heteroatoms. The molecule has 1 aromatic rings. The van der Waals surface area contributed by atoms with Crippen LogP contribution >= 0.6 is 0 Å². The van der Waals surface area contributed by atoms with Crippen molar-refractivity contribution in [1.82, 2.24) is 4.90 Å². The van der Waals surface area contributed by atoms with Crippen molar-refractivity contribution in [2.75, 3.05) is 26.0 Å².